The van der Waals surface area contributed by atoms with E-state index in [1.807, 2.05) is 0 Å². The van der Waals surface area contributed by atoms with Crippen LogP contribution in [0.15, 0.2) is 36.5 Å². The number of nitrogens with zero attached hydrogens (tertiary/aromatic N) is 2. The van der Waals surface area contributed by atoms with Crippen molar-refractivity contribution in [2.24, 2.45) is 11.8 Å². The molecule has 0 saturated carbocycles. The van der Waals surface area contributed by atoms with Gasteiger partial charge in [-0.2, -0.15) is 0 Å². The van der Waals surface area contributed by atoms with Crippen LogP contribution in [0.25, 0.3) is 11.3 Å². The first kappa shape index (κ1) is 19.4. The van der Waals surface area contributed by atoms with E-state index >= 15 is 0 Å². The van der Waals surface area contributed by atoms with Gasteiger partial charge in [-0.3, -0.25) is 9.78 Å². The Morgan fingerprint density at radius 3 is 2.63 bits per heavy atom. The van der Waals surface area contributed by atoms with Crippen LogP contribution in [0.2, 0.25) is 0 Å². The van der Waals surface area contributed by atoms with Crippen molar-refractivity contribution in [3.05, 3.63) is 53.7 Å². The number of aromatic nitrogens is 1. The number of carbonyl (C=O) groups is 1. The largest absolute Gasteiger partial charge is 0.352 e. The lowest BCUT2D eigenvalue weighted by molar-refractivity contribution is 0.0947. The first-order chi connectivity index (χ1) is 12.9. The Morgan fingerprint density at radius 2 is 2.00 bits per heavy atom. The van der Waals surface area contributed by atoms with Gasteiger partial charge in [0.05, 0.1) is 11.3 Å². The Kier molecular flexibility index (Phi) is 6.16. The van der Waals surface area contributed by atoms with Crippen molar-refractivity contribution in [2.45, 2.75) is 20.3 Å². The van der Waals surface area contributed by atoms with Crippen molar-refractivity contribution in [3.63, 3.8) is 0 Å². The number of rotatable bonds is 6. The Morgan fingerprint density at radius 1 is 1.26 bits per heavy atom. The first-order valence-electron chi connectivity index (χ1n) is 9.34. The summed E-state index contributed by atoms with van der Waals surface area (Å²) in [6.45, 7) is 8.26. The molecule has 1 amide bonds. The normalized spacial score (nSPS) is 17.4. The molecule has 1 aromatic heterocycles. The summed E-state index contributed by atoms with van der Waals surface area (Å²) >= 11 is 0. The highest BCUT2D eigenvalue weighted by atomic mass is 19.1. The highest BCUT2D eigenvalue weighted by Gasteiger charge is 2.23. The van der Waals surface area contributed by atoms with Gasteiger partial charge in [0.25, 0.3) is 5.91 Å². The maximum absolute atomic E-state index is 13.3. The minimum atomic E-state index is -0.656. The summed E-state index contributed by atoms with van der Waals surface area (Å²) in [7, 11) is 0. The summed E-state index contributed by atoms with van der Waals surface area (Å²) in [6.07, 6.45) is 2.53. The predicted octanol–water partition coefficient (Wildman–Crippen LogP) is 3.73. The van der Waals surface area contributed by atoms with Gasteiger partial charge in [0, 0.05) is 37.5 Å². The van der Waals surface area contributed by atoms with Crippen molar-refractivity contribution in [3.8, 4) is 11.3 Å². The van der Waals surface area contributed by atoms with Crippen molar-refractivity contribution in [1.29, 1.82) is 0 Å². The number of hydrogen-bond donors (Lipinski definition) is 1. The van der Waals surface area contributed by atoms with Gasteiger partial charge in [0.15, 0.2) is 0 Å². The average molecular weight is 373 g/mol. The molecule has 1 saturated heterocycles. The Bertz CT molecular complexity index is 772. The minimum Gasteiger partial charge on any atom is -0.352 e. The lowest BCUT2D eigenvalue weighted by Crippen LogP contribution is -2.31. The van der Waals surface area contributed by atoms with E-state index in [-0.39, 0.29) is 5.91 Å². The number of likely N-dealkylation sites (tertiary alicyclic amines) is 1. The van der Waals surface area contributed by atoms with Crippen LogP contribution >= 0.6 is 0 Å². The summed E-state index contributed by atoms with van der Waals surface area (Å²) in [5.41, 5.74) is 1.20. The minimum absolute atomic E-state index is 0.179. The number of pyridine rings is 1. The van der Waals surface area contributed by atoms with E-state index in [0.717, 1.165) is 32.1 Å². The summed E-state index contributed by atoms with van der Waals surface area (Å²) < 4.78 is 26.7. The van der Waals surface area contributed by atoms with Crippen molar-refractivity contribution in [2.75, 3.05) is 26.2 Å². The molecule has 27 heavy (non-hydrogen) atoms. The molecular formula is C21H25F2N3O. The molecule has 0 radical (unpaired) electrons. The summed E-state index contributed by atoms with van der Waals surface area (Å²) in [5, 5.41) is 2.97. The monoisotopic (exact) mass is 373 g/mol. The van der Waals surface area contributed by atoms with Gasteiger partial charge in [0.1, 0.15) is 11.6 Å². The fourth-order valence-corrected chi connectivity index (χ4v) is 3.50. The van der Waals surface area contributed by atoms with Gasteiger partial charge in [-0.25, -0.2) is 8.78 Å². The third-order valence-electron chi connectivity index (χ3n) is 4.73. The summed E-state index contributed by atoms with van der Waals surface area (Å²) in [5.74, 6) is -0.375. The van der Waals surface area contributed by atoms with Crippen molar-refractivity contribution in [1.82, 2.24) is 15.2 Å². The third-order valence-corrected chi connectivity index (χ3v) is 4.73. The fourth-order valence-electron chi connectivity index (χ4n) is 3.50. The zero-order valence-corrected chi connectivity index (χ0v) is 15.7. The molecule has 0 bridgehead atoms. The zero-order valence-electron chi connectivity index (χ0n) is 15.7. The Hall–Kier alpha value is -2.34. The standard InChI is InChI=1S/C21H25F2N3O/c1-14(2)12-26-6-5-15(13-26)10-25-21(27)16-3-4-20(24-11-16)17-7-18(22)9-19(23)8-17/h3-4,7-9,11,14-15H,5-6,10,12-13H2,1-2H3,(H,25,27)/t15-/m1/s1. The molecule has 4 nitrogen and oxygen atoms in total. The molecule has 1 aliphatic heterocycles. The Labute approximate surface area is 158 Å². The van der Waals surface area contributed by atoms with Crippen LogP contribution in [0.4, 0.5) is 8.78 Å². The van der Waals surface area contributed by atoms with Gasteiger partial charge in [-0.15, -0.1) is 0 Å². The molecule has 1 N–H and O–H groups in total. The maximum atomic E-state index is 13.3. The number of amides is 1. The van der Waals surface area contributed by atoms with Gasteiger partial charge in [-0.1, -0.05) is 13.8 Å². The van der Waals surface area contributed by atoms with Crippen LogP contribution in [0.1, 0.15) is 30.6 Å². The molecular weight excluding hydrogens is 348 g/mol. The molecule has 2 aromatic rings. The molecule has 1 fully saturated rings. The molecule has 2 heterocycles. The van der Waals surface area contributed by atoms with E-state index in [2.05, 4.69) is 29.0 Å². The number of hydrogen-bond acceptors (Lipinski definition) is 3. The maximum Gasteiger partial charge on any atom is 0.252 e. The second kappa shape index (κ2) is 8.57. The lowest BCUT2D eigenvalue weighted by Gasteiger charge is -2.18. The number of nitrogens with one attached hydrogen (secondary N) is 1. The highest BCUT2D eigenvalue weighted by Crippen LogP contribution is 2.20. The quantitative estimate of drug-likeness (QED) is 0.839. The molecule has 1 aromatic carbocycles. The molecule has 0 unspecified atom stereocenters. The number of halogens is 2. The van der Waals surface area contributed by atoms with Crippen LogP contribution in [-0.2, 0) is 0 Å². The molecule has 1 aliphatic rings. The molecule has 1 atom stereocenters. The van der Waals surface area contributed by atoms with Crippen LogP contribution in [0.5, 0.6) is 0 Å². The van der Waals surface area contributed by atoms with Gasteiger partial charge < -0.3 is 10.2 Å². The third kappa shape index (κ3) is 5.32. The molecule has 3 rings (SSSR count). The van der Waals surface area contributed by atoms with Crippen LogP contribution in [0, 0.1) is 23.5 Å². The first-order valence-corrected chi connectivity index (χ1v) is 9.34. The van der Waals surface area contributed by atoms with E-state index in [4.69, 9.17) is 0 Å². The number of carbonyl (C=O) groups excluding carboxylic acids is 1. The lowest BCUT2D eigenvalue weighted by atomic mass is 10.1. The zero-order chi connectivity index (χ0) is 19.4. The average Bonchev–Trinajstić information content (AvgIpc) is 3.05. The van der Waals surface area contributed by atoms with Crippen LogP contribution < -0.4 is 5.32 Å². The predicted molar refractivity (Wildman–Crippen MR) is 101 cm³/mol. The van der Waals surface area contributed by atoms with E-state index in [0.29, 0.717) is 35.2 Å². The molecule has 0 aliphatic carbocycles. The second-order valence-electron chi connectivity index (χ2n) is 7.61. The van der Waals surface area contributed by atoms with E-state index < -0.39 is 11.6 Å². The summed E-state index contributed by atoms with van der Waals surface area (Å²) in [6, 6.07) is 6.47. The van der Waals surface area contributed by atoms with Crippen molar-refractivity contribution >= 4 is 5.91 Å². The van der Waals surface area contributed by atoms with E-state index in [1.54, 1.807) is 12.1 Å². The fraction of sp³-hybridized carbons (Fsp3) is 0.429. The number of benzene rings is 1. The van der Waals surface area contributed by atoms with E-state index in [9.17, 15) is 13.6 Å². The molecule has 144 valence electrons. The Balaban J connectivity index is 1.55. The van der Waals surface area contributed by atoms with Crippen molar-refractivity contribution < 1.29 is 13.6 Å². The van der Waals surface area contributed by atoms with Crippen LogP contribution in [0.3, 0.4) is 0 Å². The second-order valence-corrected chi connectivity index (χ2v) is 7.61. The topological polar surface area (TPSA) is 45.2 Å². The molecule has 6 heteroatoms. The SMILES string of the molecule is CC(C)CN1CC[C@H](CNC(=O)c2ccc(-c3cc(F)cc(F)c3)nc2)C1. The van der Waals surface area contributed by atoms with Crippen LogP contribution in [-0.4, -0.2) is 42.0 Å². The highest BCUT2D eigenvalue weighted by molar-refractivity contribution is 5.94. The summed E-state index contributed by atoms with van der Waals surface area (Å²) in [4.78, 5) is 18.9. The van der Waals surface area contributed by atoms with Gasteiger partial charge in [-0.05, 0) is 49.1 Å². The van der Waals surface area contributed by atoms with E-state index in [1.165, 1.54) is 18.3 Å². The smallest absolute Gasteiger partial charge is 0.252 e. The van der Waals surface area contributed by atoms with Gasteiger partial charge in [0.2, 0.25) is 0 Å². The molecule has 0 spiro atoms. The van der Waals surface area contributed by atoms with Gasteiger partial charge >= 0.3 is 0 Å².